The van der Waals surface area contributed by atoms with Crippen molar-refractivity contribution in [3.63, 3.8) is 0 Å². The number of aliphatic carboxylic acids is 2. The van der Waals surface area contributed by atoms with Crippen LogP contribution in [0.25, 0.3) is 23.3 Å². The summed E-state index contributed by atoms with van der Waals surface area (Å²) in [5.41, 5.74) is 3.78. The Morgan fingerprint density at radius 3 is 1.28 bits per heavy atom. The van der Waals surface area contributed by atoms with Crippen LogP contribution in [0.1, 0.15) is 61.8 Å². The van der Waals surface area contributed by atoms with Gasteiger partial charge < -0.3 is 29.4 Å². The first-order valence-corrected chi connectivity index (χ1v) is 15.9. The molecule has 0 aromatic heterocycles. The molecule has 0 radical (unpaired) electrons. The third kappa shape index (κ3) is 12.7. The van der Waals surface area contributed by atoms with E-state index in [0.29, 0.717) is 59.5 Å². The highest BCUT2D eigenvalue weighted by Crippen LogP contribution is 2.24. The minimum absolute atomic E-state index is 0.0307. The highest BCUT2D eigenvalue weighted by Gasteiger charge is 2.10. The highest BCUT2D eigenvalue weighted by atomic mass is 16.6. The van der Waals surface area contributed by atoms with Crippen LogP contribution in [0.5, 0.6) is 11.5 Å². The van der Waals surface area contributed by atoms with Gasteiger partial charge >= 0.3 is 11.9 Å². The molecule has 0 heterocycles. The fraction of sp³-hybridized carbons (Fsp3) is 0.263. The van der Waals surface area contributed by atoms with Crippen LogP contribution in [0.3, 0.4) is 0 Å². The number of carbonyl (C=O) groups is 2. The van der Waals surface area contributed by atoms with Gasteiger partial charge in [0, 0.05) is 12.8 Å². The lowest BCUT2D eigenvalue weighted by Crippen LogP contribution is -2.14. The molecule has 3 aromatic rings. The molecular weight excluding hydrogens is 640 g/mol. The van der Waals surface area contributed by atoms with E-state index in [-0.39, 0.29) is 37.9 Å². The van der Waals surface area contributed by atoms with Crippen LogP contribution < -0.4 is 9.47 Å². The molecule has 258 valence electrons. The molecule has 2 N–H and O–H groups in total. The van der Waals surface area contributed by atoms with E-state index in [9.17, 15) is 20.1 Å². The number of carboxylic acids is 2. The first kappa shape index (κ1) is 38.1. The van der Waals surface area contributed by atoms with Crippen molar-refractivity contribution in [3.8, 4) is 23.6 Å². The largest absolute Gasteiger partial charge is 0.490 e. The summed E-state index contributed by atoms with van der Waals surface area (Å²) >= 11 is 0. The zero-order valence-electron chi connectivity index (χ0n) is 27.9. The maximum absolute atomic E-state index is 11.1. The third-order valence-corrected chi connectivity index (χ3v) is 6.83. The molecule has 0 saturated heterocycles. The van der Waals surface area contributed by atoms with E-state index >= 15 is 0 Å². The summed E-state index contributed by atoms with van der Waals surface area (Å²) in [5.74, 6) is -1.04. The Kier molecular flexibility index (Phi) is 15.8. The average molecular weight is 679 g/mol. The second-order valence-corrected chi connectivity index (χ2v) is 10.6. The number of benzene rings is 3. The maximum Gasteiger partial charge on any atom is 0.353 e. The molecule has 12 heteroatoms. The van der Waals surface area contributed by atoms with E-state index in [4.69, 9.17) is 29.4 Å². The van der Waals surface area contributed by atoms with Crippen LogP contribution in [-0.4, -0.2) is 60.0 Å². The van der Waals surface area contributed by atoms with Gasteiger partial charge in [0.05, 0.1) is 23.3 Å². The molecule has 0 amide bonds. The van der Waals surface area contributed by atoms with Gasteiger partial charge in [-0.25, -0.2) is 9.59 Å². The van der Waals surface area contributed by atoms with Gasteiger partial charge in [-0.05, 0) is 58.7 Å². The summed E-state index contributed by atoms with van der Waals surface area (Å²) in [6, 6.07) is 25.9. The normalized spacial score (nSPS) is 12.0. The number of hydrogen-bond acceptors (Lipinski definition) is 10. The zero-order chi connectivity index (χ0) is 36.1. The molecule has 3 aromatic carbocycles. The van der Waals surface area contributed by atoms with Crippen molar-refractivity contribution in [2.75, 3.05) is 26.4 Å². The number of nitriles is 2. The first-order valence-electron chi connectivity index (χ1n) is 15.9. The van der Waals surface area contributed by atoms with E-state index in [2.05, 4.69) is 22.4 Å². The Balaban J connectivity index is 1.55. The molecule has 12 nitrogen and oxygen atoms in total. The summed E-state index contributed by atoms with van der Waals surface area (Å²) in [6.07, 6.45) is 5.44. The smallest absolute Gasteiger partial charge is 0.353 e. The number of oxime groups is 2. The van der Waals surface area contributed by atoms with Crippen molar-refractivity contribution < 1.29 is 39.0 Å². The Labute approximate surface area is 290 Å². The lowest BCUT2D eigenvalue weighted by atomic mass is 9.99. The van der Waals surface area contributed by atoms with Gasteiger partial charge in [0.25, 0.3) is 0 Å². The predicted molar refractivity (Wildman–Crippen MR) is 189 cm³/mol. The van der Waals surface area contributed by atoms with Gasteiger partial charge in [-0.15, -0.1) is 0 Å². The molecule has 0 aliphatic carbocycles. The zero-order valence-corrected chi connectivity index (χ0v) is 27.9. The van der Waals surface area contributed by atoms with E-state index < -0.39 is 11.9 Å². The standard InChI is InChI=1S/C38H38N4O8/c1-3-5-35(37(43)44)41-49-21-19-47-33-15-7-27(8-16-33)23-31(25-39)29-11-13-30(14-12-29)32(26-40)24-28-9-17-34(18-10-28)48-20-22-50-42-36(6-4-2)38(45)46/h7-18,23-24H,3-6,19-22H2,1-2H3,(H,43,44)(H,45,46)/b31-23-,32-24+,41-35-,42-36-. The van der Waals surface area contributed by atoms with Crippen molar-refractivity contribution in [3.05, 3.63) is 95.1 Å². The number of hydrogen-bond donors (Lipinski definition) is 2. The van der Waals surface area contributed by atoms with Crippen molar-refractivity contribution >= 4 is 46.7 Å². The van der Waals surface area contributed by atoms with Gasteiger partial charge in [0.2, 0.25) is 0 Å². The number of rotatable bonds is 20. The molecule has 0 saturated carbocycles. The summed E-state index contributed by atoms with van der Waals surface area (Å²) in [7, 11) is 0. The second-order valence-electron chi connectivity index (χ2n) is 10.6. The fourth-order valence-electron chi connectivity index (χ4n) is 4.34. The van der Waals surface area contributed by atoms with Crippen LogP contribution in [0.2, 0.25) is 0 Å². The van der Waals surface area contributed by atoms with Crippen LogP contribution in [0.4, 0.5) is 0 Å². The molecular formula is C38H38N4O8. The first-order chi connectivity index (χ1) is 24.3. The minimum Gasteiger partial charge on any atom is -0.490 e. The number of ether oxygens (including phenoxy) is 2. The van der Waals surface area contributed by atoms with E-state index in [0.717, 1.165) is 11.1 Å². The van der Waals surface area contributed by atoms with Gasteiger partial charge in [-0.1, -0.05) is 85.5 Å². The molecule has 0 spiro atoms. The lowest BCUT2D eigenvalue weighted by molar-refractivity contribution is -0.130. The molecule has 0 aliphatic heterocycles. The van der Waals surface area contributed by atoms with Crippen molar-refractivity contribution in [1.82, 2.24) is 0 Å². The van der Waals surface area contributed by atoms with E-state index in [1.165, 1.54) is 0 Å². The molecule has 0 unspecified atom stereocenters. The van der Waals surface area contributed by atoms with Crippen LogP contribution in [0.15, 0.2) is 83.1 Å². The van der Waals surface area contributed by atoms with Gasteiger partial charge in [0.1, 0.15) is 24.7 Å². The van der Waals surface area contributed by atoms with Crippen molar-refractivity contribution in [1.29, 1.82) is 10.5 Å². The monoisotopic (exact) mass is 678 g/mol. The summed E-state index contributed by atoms with van der Waals surface area (Å²) in [6.45, 7) is 4.25. The summed E-state index contributed by atoms with van der Waals surface area (Å²) < 4.78 is 11.3. The van der Waals surface area contributed by atoms with Crippen LogP contribution >= 0.6 is 0 Å². The summed E-state index contributed by atoms with van der Waals surface area (Å²) in [5, 5.41) is 45.1. The number of allylic oxidation sites excluding steroid dienone is 2. The molecule has 50 heavy (non-hydrogen) atoms. The Morgan fingerprint density at radius 1 is 0.620 bits per heavy atom. The van der Waals surface area contributed by atoms with Crippen LogP contribution in [0, 0.1) is 22.7 Å². The predicted octanol–water partition coefficient (Wildman–Crippen LogP) is 7.09. The van der Waals surface area contributed by atoms with Crippen molar-refractivity contribution in [2.24, 2.45) is 10.3 Å². The number of carboxylic acid groups (broad SMARTS) is 2. The lowest BCUT2D eigenvalue weighted by Gasteiger charge is -2.07. The SMILES string of the molecule is CCC/C(=N/OCCOc1ccc(/C=C(\C#N)c2ccc(/C(C#N)=C\c3ccc(OCCO/N=C(/CCC)C(=O)O)cc3)cc2)cc1)C(=O)O. The van der Waals surface area contributed by atoms with Crippen LogP contribution in [-0.2, 0) is 19.3 Å². The fourth-order valence-corrected chi connectivity index (χ4v) is 4.34. The Bertz CT molecular complexity index is 1650. The van der Waals surface area contributed by atoms with Crippen molar-refractivity contribution in [2.45, 2.75) is 39.5 Å². The molecule has 0 aliphatic rings. The topological polar surface area (TPSA) is 184 Å². The molecule has 0 bridgehead atoms. The number of nitrogens with zero attached hydrogens (tertiary/aromatic N) is 4. The minimum atomic E-state index is -1.10. The third-order valence-electron chi connectivity index (χ3n) is 6.83. The Morgan fingerprint density at radius 2 is 0.980 bits per heavy atom. The van der Waals surface area contributed by atoms with Gasteiger partial charge in [-0.2, -0.15) is 10.5 Å². The van der Waals surface area contributed by atoms with Gasteiger partial charge in [-0.3, -0.25) is 0 Å². The maximum atomic E-state index is 11.1. The average Bonchev–Trinajstić information content (AvgIpc) is 3.12. The molecule has 0 fully saturated rings. The van der Waals surface area contributed by atoms with E-state index in [1.54, 1.807) is 60.7 Å². The van der Waals surface area contributed by atoms with Gasteiger partial charge in [0.15, 0.2) is 24.6 Å². The highest BCUT2D eigenvalue weighted by molar-refractivity contribution is 6.35. The Hall–Kier alpha value is -6.40. The summed E-state index contributed by atoms with van der Waals surface area (Å²) in [4.78, 5) is 32.3. The molecule has 3 rings (SSSR count). The molecule has 0 atom stereocenters. The second kappa shape index (κ2) is 20.8. The van der Waals surface area contributed by atoms with E-state index in [1.807, 2.05) is 38.1 Å². The quantitative estimate of drug-likeness (QED) is 0.0411.